The summed E-state index contributed by atoms with van der Waals surface area (Å²) < 4.78 is 0. The van der Waals surface area contributed by atoms with E-state index in [0.717, 1.165) is 18.6 Å². The van der Waals surface area contributed by atoms with Crippen molar-refractivity contribution in [2.24, 2.45) is 11.3 Å². The normalized spacial score (nSPS) is 22.3. The van der Waals surface area contributed by atoms with E-state index in [1.165, 1.54) is 0 Å². The lowest BCUT2D eigenvalue weighted by Gasteiger charge is -2.28. The second-order valence-electron chi connectivity index (χ2n) is 5.72. The number of nitrogens with zero attached hydrogens (tertiary/aromatic N) is 1. The van der Waals surface area contributed by atoms with Crippen molar-refractivity contribution in [1.29, 1.82) is 0 Å². The smallest absolute Gasteiger partial charge is 0.317 e. The number of urea groups is 1. The molecule has 0 radical (unpaired) electrons. The van der Waals surface area contributed by atoms with Gasteiger partial charge in [-0.05, 0) is 37.2 Å². The first kappa shape index (κ1) is 17.1. The molecule has 2 N–H and O–H groups in total. The van der Waals surface area contributed by atoms with E-state index in [4.69, 9.17) is 0 Å². The highest BCUT2D eigenvalue weighted by Crippen LogP contribution is 2.38. The van der Waals surface area contributed by atoms with E-state index in [0.29, 0.717) is 26.1 Å². The van der Waals surface area contributed by atoms with Gasteiger partial charge in [0.15, 0.2) is 0 Å². The Balaban J connectivity index is 2.42. The molecule has 1 aliphatic heterocycles. The number of unbranched alkanes of at least 4 members (excludes halogenated alkanes) is 1. The highest BCUT2D eigenvalue weighted by Gasteiger charge is 2.48. The number of carboxylic acids is 1. The highest BCUT2D eigenvalue weighted by molar-refractivity contribution is 7.98. The molecule has 1 heterocycles. The fraction of sp³-hybridized carbons (Fsp3) is 0.857. The van der Waals surface area contributed by atoms with Crippen LogP contribution < -0.4 is 5.32 Å². The number of likely N-dealkylation sites (tertiary alicyclic amines) is 1. The first-order valence-corrected chi connectivity index (χ1v) is 8.58. The van der Waals surface area contributed by atoms with Crippen molar-refractivity contribution in [3.8, 4) is 0 Å². The van der Waals surface area contributed by atoms with E-state index in [2.05, 4.69) is 11.6 Å². The van der Waals surface area contributed by atoms with Crippen LogP contribution in [-0.4, -0.2) is 53.6 Å². The maximum absolute atomic E-state index is 12.0. The summed E-state index contributed by atoms with van der Waals surface area (Å²) in [6, 6.07) is -0.127. The van der Waals surface area contributed by atoms with Crippen LogP contribution in [0.25, 0.3) is 0 Å². The zero-order valence-corrected chi connectivity index (χ0v) is 13.5. The molecule has 0 spiro atoms. The van der Waals surface area contributed by atoms with Crippen LogP contribution in [0.2, 0.25) is 0 Å². The van der Waals surface area contributed by atoms with Crippen LogP contribution >= 0.6 is 11.8 Å². The van der Waals surface area contributed by atoms with Crippen molar-refractivity contribution in [1.82, 2.24) is 10.2 Å². The second kappa shape index (κ2) is 7.76. The third-order valence-corrected chi connectivity index (χ3v) is 4.87. The number of thioether (sulfide) groups is 1. The lowest BCUT2D eigenvalue weighted by atomic mass is 9.76. The summed E-state index contributed by atoms with van der Waals surface area (Å²) in [5.41, 5.74) is -0.782. The molecule has 0 aromatic rings. The number of nitrogens with one attached hydrogen (secondary N) is 1. The minimum Gasteiger partial charge on any atom is -0.481 e. The molecule has 1 fully saturated rings. The Morgan fingerprint density at radius 1 is 1.40 bits per heavy atom. The maximum atomic E-state index is 12.0. The number of carbonyl (C=O) groups is 2. The lowest BCUT2D eigenvalue weighted by molar-refractivity contribution is -0.150. The summed E-state index contributed by atoms with van der Waals surface area (Å²) in [5, 5.41) is 12.3. The number of carbonyl (C=O) groups excluding carboxylic acids is 1. The van der Waals surface area contributed by atoms with Crippen LogP contribution in [0.3, 0.4) is 0 Å². The van der Waals surface area contributed by atoms with Crippen LogP contribution in [0.4, 0.5) is 4.79 Å². The van der Waals surface area contributed by atoms with Gasteiger partial charge < -0.3 is 15.3 Å². The van der Waals surface area contributed by atoms with Crippen molar-refractivity contribution in [3.63, 3.8) is 0 Å². The minimum atomic E-state index is -0.789. The molecule has 1 saturated heterocycles. The quantitative estimate of drug-likeness (QED) is 0.708. The topological polar surface area (TPSA) is 69.6 Å². The zero-order valence-electron chi connectivity index (χ0n) is 12.6. The third-order valence-electron chi connectivity index (χ3n) is 4.17. The van der Waals surface area contributed by atoms with E-state index < -0.39 is 11.4 Å². The van der Waals surface area contributed by atoms with E-state index in [9.17, 15) is 14.7 Å². The van der Waals surface area contributed by atoms with E-state index in [1.54, 1.807) is 16.7 Å². The van der Waals surface area contributed by atoms with Gasteiger partial charge in [-0.2, -0.15) is 11.8 Å². The van der Waals surface area contributed by atoms with Gasteiger partial charge in [-0.15, -0.1) is 0 Å². The molecule has 1 unspecified atom stereocenters. The molecular formula is C14H26N2O3S. The predicted molar refractivity (Wildman–Crippen MR) is 82.1 cm³/mol. The molecule has 5 nitrogen and oxygen atoms in total. The van der Waals surface area contributed by atoms with E-state index in [1.807, 2.05) is 13.8 Å². The fourth-order valence-corrected chi connectivity index (χ4v) is 3.07. The number of carboxylic acid groups (broad SMARTS) is 1. The Kier molecular flexibility index (Phi) is 6.65. The van der Waals surface area contributed by atoms with E-state index >= 15 is 0 Å². The Hall–Kier alpha value is -0.910. The van der Waals surface area contributed by atoms with Gasteiger partial charge in [-0.25, -0.2) is 4.79 Å². The predicted octanol–water partition coefficient (Wildman–Crippen LogP) is 2.27. The average Bonchev–Trinajstić information content (AvgIpc) is 2.84. The van der Waals surface area contributed by atoms with Crippen molar-refractivity contribution in [2.75, 3.05) is 31.6 Å². The molecule has 1 atom stereocenters. The summed E-state index contributed by atoms with van der Waals surface area (Å²) in [5.74, 6) is 0.344. The number of rotatable bonds is 7. The van der Waals surface area contributed by atoms with Crippen LogP contribution in [0.15, 0.2) is 0 Å². The summed E-state index contributed by atoms with van der Waals surface area (Å²) in [6.07, 6.45) is 4.67. The number of hydrogen-bond donors (Lipinski definition) is 2. The van der Waals surface area contributed by atoms with Crippen LogP contribution in [0.1, 0.15) is 33.1 Å². The van der Waals surface area contributed by atoms with Crippen molar-refractivity contribution >= 4 is 23.8 Å². The molecule has 6 heteroatoms. The molecule has 20 heavy (non-hydrogen) atoms. The number of hydrogen-bond acceptors (Lipinski definition) is 3. The zero-order chi connectivity index (χ0) is 15.2. The van der Waals surface area contributed by atoms with Gasteiger partial charge in [-0.1, -0.05) is 13.8 Å². The van der Waals surface area contributed by atoms with Crippen molar-refractivity contribution in [3.05, 3.63) is 0 Å². The molecular weight excluding hydrogens is 276 g/mol. The maximum Gasteiger partial charge on any atom is 0.317 e. The summed E-state index contributed by atoms with van der Waals surface area (Å²) >= 11 is 1.80. The van der Waals surface area contributed by atoms with Gasteiger partial charge in [0.25, 0.3) is 0 Å². The molecule has 1 aliphatic rings. The van der Waals surface area contributed by atoms with Gasteiger partial charge in [-0.3, -0.25) is 4.79 Å². The van der Waals surface area contributed by atoms with Gasteiger partial charge in [0.1, 0.15) is 0 Å². The monoisotopic (exact) mass is 302 g/mol. The molecule has 0 aromatic carbocycles. The number of amides is 2. The molecule has 0 bridgehead atoms. The molecule has 2 amide bonds. The second-order valence-corrected chi connectivity index (χ2v) is 6.70. The highest BCUT2D eigenvalue weighted by atomic mass is 32.2. The van der Waals surface area contributed by atoms with Gasteiger partial charge in [0.2, 0.25) is 0 Å². The van der Waals surface area contributed by atoms with Crippen molar-refractivity contribution < 1.29 is 14.7 Å². The SMILES string of the molecule is CSCCCCNC(=O)N1CCC(C(=O)O)(C(C)C)C1. The van der Waals surface area contributed by atoms with Crippen LogP contribution in [0.5, 0.6) is 0 Å². The Morgan fingerprint density at radius 2 is 2.10 bits per heavy atom. The van der Waals surface area contributed by atoms with Crippen molar-refractivity contribution in [2.45, 2.75) is 33.1 Å². The average molecular weight is 302 g/mol. The Labute approximate surface area is 125 Å². The summed E-state index contributed by atoms with van der Waals surface area (Å²) in [7, 11) is 0. The molecule has 0 aromatic heterocycles. The molecule has 116 valence electrons. The Bertz CT molecular complexity index is 349. The number of aliphatic carboxylic acids is 1. The fourth-order valence-electron chi connectivity index (χ4n) is 2.58. The first-order valence-electron chi connectivity index (χ1n) is 7.19. The largest absolute Gasteiger partial charge is 0.481 e. The first-order chi connectivity index (χ1) is 9.44. The molecule has 0 saturated carbocycles. The van der Waals surface area contributed by atoms with E-state index in [-0.39, 0.29) is 11.9 Å². The Morgan fingerprint density at radius 3 is 2.60 bits per heavy atom. The van der Waals surface area contributed by atoms with Gasteiger partial charge in [0.05, 0.1) is 5.41 Å². The third kappa shape index (κ3) is 4.04. The minimum absolute atomic E-state index is 0.0272. The van der Waals surface area contributed by atoms with Crippen LogP contribution in [0, 0.1) is 11.3 Å². The molecule has 1 rings (SSSR count). The standard InChI is InChI=1S/C14H26N2O3S/c1-11(2)14(12(17)18)6-8-16(10-14)13(19)15-7-4-5-9-20-3/h11H,4-10H2,1-3H3,(H,15,19)(H,17,18). The lowest BCUT2D eigenvalue weighted by Crippen LogP contribution is -2.44. The summed E-state index contributed by atoms with van der Waals surface area (Å²) in [4.78, 5) is 25.2. The van der Waals surface area contributed by atoms with Gasteiger partial charge in [0, 0.05) is 19.6 Å². The van der Waals surface area contributed by atoms with Gasteiger partial charge >= 0.3 is 12.0 Å². The van der Waals surface area contributed by atoms with Crippen LogP contribution in [-0.2, 0) is 4.79 Å². The summed E-state index contributed by atoms with van der Waals surface area (Å²) in [6.45, 7) is 5.34. The molecule has 0 aliphatic carbocycles.